The molecule has 1 aromatic carbocycles. The lowest BCUT2D eigenvalue weighted by Gasteiger charge is -2.19. The molecule has 3 N–H and O–H groups in total. The van der Waals surface area contributed by atoms with E-state index in [1.807, 2.05) is 0 Å². The van der Waals surface area contributed by atoms with Crippen LogP contribution >= 0.6 is 23.2 Å². The van der Waals surface area contributed by atoms with Crippen LogP contribution in [0.25, 0.3) is 0 Å². The van der Waals surface area contributed by atoms with Gasteiger partial charge in [-0.3, -0.25) is 4.18 Å². The first-order chi connectivity index (χ1) is 7.70. The number of benzene rings is 1. The predicted molar refractivity (Wildman–Crippen MR) is 65.1 cm³/mol. The van der Waals surface area contributed by atoms with Crippen LogP contribution in [-0.4, -0.2) is 19.6 Å². The van der Waals surface area contributed by atoms with Crippen LogP contribution < -0.4 is 5.14 Å². The van der Waals surface area contributed by atoms with Gasteiger partial charge in [-0.1, -0.05) is 29.3 Å². The lowest BCUT2D eigenvalue weighted by Crippen LogP contribution is -2.27. The molecule has 1 aromatic rings. The molecule has 0 aliphatic heterocycles. The number of halogens is 2. The van der Waals surface area contributed by atoms with Crippen molar-refractivity contribution in [3.05, 3.63) is 33.8 Å². The van der Waals surface area contributed by atoms with Gasteiger partial charge in [0, 0.05) is 15.6 Å². The second-order valence-electron chi connectivity index (χ2n) is 3.40. The number of hydrogen-bond acceptors (Lipinski definition) is 4. The third kappa shape index (κ3) is 4.42. The van der Waals surface area contributed by atoms with Crippen molar-refractivity contribution in [2.45, 2.75) is 19.1 Å². The zero-order chi connectivity index (χ0) is 13.2. The normalized spacial score (nSPS) is 15.6. The summed E-state index contributed by atoms with van der Waals surface area (Å²) in [6.45, 7) is 1.36. The molecule has 0 aromatic heterocycles. The summed E-state index contributed by atoms with van der Waals surface area (Å²) >= 11 is 11.6. The van der Waals surface area contributed by atoms with Crippen molar-refractivity contribution in [2.24, 2.45) is 5.14 Å². The van der Waals surface area contributed by atoms with Gasteiger partial charge in [0.25, 0.3) is 0 Å². The van der Waals surface area contributed by atoms with E-state index in [4.69, 9.17) is 28.3 Å². The molecule has 2 atom stereocenters. The van der Waals surface area contributed by atoms with Crippen molar-refractivity contribution in [1.29, 1.82) is 0 Å². The molecule has 0 fully saturated rings. The first-order valence-corrected chi connectivity index (χ1v) is 6.77. The molecular weight excluding hydrogens is 289 g/mol. The van der Waals surface area contributed by atoms with Gasteiger partial charge in [0.2, 0.25) is 0 Å². The van der Waals surface area contributed by atoms with Crippen molar-refractivity contribution in [3.63, 3.8) is 0 Å². The molecule has 8 heteroatoms. The molecular formula is C9H11Cl2NO4S. The molecule has 1 rings (SSSR count). The lowest BCUT2D eigenvalue weighted by molar-refractivity contribution is 0.0509. The van der Waals surface area contributed by atoms with Gasteiger partial charge in [-0.05, 0) is 19.1 Å². The van der Waals surface area contributed by atoms with E-state index in [1.54, 1.807) is 0 Å². The number of aliphatic hydroxyl groups is 1. The summed E-state index contributed by atoms with van der Waals surface area (Å²) in [6.07, 6.45) is -2.28. The first kappa shape index (κ1) is 14.7. The van der Waals surface area contributed by atoms with Gasteiger partial charge in [0.1, 0.15) is 12.2 Å². The van der Waals surface area contributed by atoms with Crippen LogP contribution in [0.15, 0.2) is 18.2 Å². The van der Waals surface area contributed by atoms with E-state index in [1.165, 1.54) is 25.1 Å². The maximum atomic E-state index is 10.7. The van der Waals surface area contributed by atoms with Gasteiger partial charge >= 0.3 is 10.3 Å². The van der Waals surface area contributed by atoms with E-state index in [0.717, 1.165) is 0 Å². The SMILES string of the molecule is C[C@H](OS(N)(=O)=O)[C@@H](O)c1ccc(Cl)cc1Cl. The minimum Gasteiger partial charge on any atom is -0.386 e. The third-order valence-electron chi connectivity index (χ3n) is 2.01. The summed E-state index contributed by atoms with van der Waals surface area (Å²) in [4.78, 5) is 0. The molecule has 0 aliphatic rings. The van der Waals surface area contributed by atoms with E-state index in [-0.39, 0.29) is 5.02 Å². The standard InChI is InChI=1S/C9H11Cl2NO4S/c1-5(16-17(12,14)15)9(13)7-3-2-6(10)4-8(7)11/h2-5,9,13H,1H3,(H2,12,14,15)/t5-,9+/m0/s1. The summed E-state index contributed by atoms with van der Waals surface area (Å²) in [5, 5.41) is 15.2. The zero-order valence-corrected chi connectivity index (χ0v) is 11.1. The van der Waals surface area contributed by atoms with E-state index < -0.39 is 22.5 Å². The lowest BCUT2D eigenvalue weighted by atomic mass is 10.1. The molecule has 0 radical (unpaired) electrons. The number of rotatable bonds is 4. The predicted octanol–water partition coefficient (Wildman–Crippen LogP) is 1.64. The second kappa shape index (κ2) is 5.51. The Morgan fingerprint density at radius 2 is 2.00 bits per heavy atom. The molecule has 96 valence electrons. The fraction of sp³-hybridized carbons (Fsp3) is 0.333. The summed E-state index contributed by atoms with van der Waals surface area (Å²) in [6, 6.07) is 4.44. The average molecular weight is 300 g/mol. The highest BCUT2D eigenvalue weighted by Gasteiger charge is 2.23. The molecule has 0 amide bonds. The quantitative estimate of drug-likeness (QED) is 0.884. The summed E-state index contributed by atoms with van der Waals surface area (Å²) in [5.41, 5.74) is 0.312. The van der Waals surface area contributed by atoms with Crippen LogP contribution in [-0.2, 0) is 14.5 Å². The molecule has 17 heavy (non-hydrogen) atoms. The Bertz CT molecular complexity index is 506. The van der Waals surface area contributed by atoms with Crippen LogP contribution in [0.2, 0.25) is 10.0 Å². The fourth-order valence-electron chi connectivity index (χ4n) is 1.26. The van der Waals surface area contributed by atoms with Crippen molar-refractivity contribution >= 4 is 33.5 Å². The highest BCUT2D eigenvalue weighted by Crippen LogP contribution is 2.29. The topological polar surface area (TPSA) is 89.6 Å². The first-order valence-electron chi connectivity index (χ1n) is 4.54. The molecule has 0 heterocycles. The summed E-state index contributed by atoms with van der Waals surface area (Å²) < 4.78 is 25.9. The highest BCUT2D eigenvalue weighted by atomic mass is 35.5. The van der Waals surface area contributed by atoms with Gasteiger partial charge in [0.15, 0.2) is 0 Å². The minimum absolute atomic E-state index is 0.217. The second-order valence-corrected chi connectivity index (χ2v) is 5.43. The summed E-state index contributed by atoms with van der Waals surface area (Å²) in [7, 11) is -4.13. The van der Waals surface area contributed by atoms with Gasteiger partial charge < -0.3 is 5.11 Å². The monoisotopic (exact) mass is 299 g/mol. The third-order valence-corrected chi connectivity index (χ3v) is 3.15. The van der Waals surface area contributed by atoms with Crippen LogP contribution in [0.5, 0.6) is 0 Å². The molecule has 0 saturated heterocycles. The van der Waals surface area contributed by atoms with E-state index in [2.05, 4.69) is 4.18 Å². The van der Waals surface area contributed by atoms with Crippen LogP contribution in [0.4, 0.5) is 0 Å². The molecule has 5 nitrogen and oxygen atoms in total. The van der Waals surface area contributed by atoms with E-state index in [0.29, 0.717) is 10.6 Å². The van der Waals surface area contributed by atoms with Gasteiger partial charge in [-0.2, -0.15) is 8.42 Å². The maximum Gasteiger partial charge on any atom is 0.333 e. The van der Waals surface area contributed by atoms with Crippen LogP contribution in [0, 0.1) is 0 Å². The minimum atomic E-state index is -4.13. The Balaban J connectivity index is 2.92. The Hall–Kier alpha value is -0.370. The highest BCUT2D eigenvalue weighted by molar-refractivity contribution is 7.84. The van der Waals surface area contributed by atoms with Crippen molar-refractivity contribution in [1.82, 2.24) is 0 Å². The molecule has 0 unspecified atom stereocenters. The van der Waals surface area contributed by atoms with Crippen molar-refractivity contribution < 1.29 is 17.7 Å². The number of hydrogen-bond donors (Lipinski definition) is 2. The largest absolute Gasteiger partial charge is 0.386 e. The van der Waals surface area contributed by atoms with Crippen LogP contribution in [0.1, 0.15) is 18.6 Å². The van der Waals surface area contributed by atoms with E-state index in [9.17, 15) is 13.5 Å². The Kier molecular flexibility index (Phi) is 4.77. The van der Waals surface area contributed by atoms with Crippen molar-refractivity contribution in [3.8, 4) is 0 Å². The Labute approximate surface area is 109 Å². The Morgan fingerprint density at radius 3 is 2.47 bits per heavy atom. The fourth-order valence-corrected chi connectivity index (χ4v) is 2.31. The van der Waals surface area contributed by atoms with Crippen molar-refractivity contribution in [2.75, 3.05) is 0 Å². The zero-order valence-electron chi connectivity index (χ0n) is 8.80. The Morgan fingerprint density at radius 1 is 1.41 bits per heavy atom. The van der Waals surface area contributed by atoms with E-state index >= 15 is 0 Å². The van der Waals surface area contributed by atoms with Gasteiger partial charge in [-0.25, -0.2) is 5.14 Å². The summed E-state index contributed by atoms with van der Waals surface area (Å²) in [5.74, 6) is 0. The van der Waals surface area contributed by atoms with Gasteiger partial charge in [0.05, 0.1) is 0 Å². The maximum absolute atomic E-state index is 10.7. The molecule has 0 aliphatic carbocycles. The average Bonchev–Trinajstić information content (AvgIpc) is 2.14. The molecule has 0 bridgehead atoms. The molecule has 0 saturated carbocycles. The number of nitrogens with two attached hydrogens (primary N) is 1. The van der Waals surface area contributed by atoms with Crippen LogP contribution in [0.3, 0.4) is 0 Å². The number of aliphatic hydroxyl groups excluding tert-OH is 1. The molecule has 0 spiro atoms. The smallest absolute Gasteiger partial charge is 0.333 e. The van der Waals surface area contributed by atoms with Gasteiger partial charge in [-0.15, -0.1) is 0 Å².